The van der Waals surface area contributed by atoms with Gasteiger partial charge in [0.15, 0.2) is 11.0 Å². The highest BCUT2D eigenvalue weighted by Gasteiger charge is 2.22. The Morgan fingerprint density at radius 1 is 1.24 bits per heavy atom. The van der Waals surface area contributed by atoms with E-state index in [1.165, 1.54) is 0 Å². The maximum absolute atomic E-state index is 12.1. The molecule has 108 valence electrons. The van der Waals surface area contributed by atoms with Gasteiger partial charge < -0.3 is 5.32 Å². The Bertz CT molecular complexity index is 740. The number of hydrogen-bond donors (Lipinski definition) is 1. The molecule has 8 nitrogen and oxygen atoms in total. The molecule has 0 aromatic carbocycles. The van der Waals surface area contributed by atoms with Gasteiger partial charge in [-0.2, -0.15) is 0 Å². The minimum Gasteiger partial charge on any atom is -0.305 e. The molecule has 0 aliphatic heterocycles. The van der Waals surface area contributed by atoms with Crippen LogP contribution in [-0.2, 0) is 0 Å². The van der Waals surface area contributed by atoms with Crippen molar-refractivity contribution in [1.29, 1.82) is 0 Å². The van der Waals surface area contributed by atoms with Crippen LogP contribution >= 0.6 is 34.8 Å². The smallest absolute Gasteiger partial charge is 0.300 e. The van der Waals surface area contributed by atoms with Gasteiger partial charge in [0.25, 0.3) is 11.6 Å². The van der Waals surface area contributed by atoms with E-state index >= 15 is 0 Å². The minimum absolute atomic E-state index is 0.0655. The number of pyridine rings is 1. The van der Waals surface area contributed by atoms with Gasteiger partial charge in [-0.3, -0.25) is 14.9 Å². The van der Waals surface area contributed by atoms with Crippen LogP contribution in [-0.4, -0.2) is 25.8 Å². The number of hydrogen-bond acceptors (Lipinski definition) is 6. The van der Waals surface area contributed by atoms with Crippen molar-refractivity contribution in [2.24, 2.45) is 0 Å². The monoisotopic (exact) mass is 347 g/mol. The molecule has 0 spiro atoms. The molecule has 1 N–H and O–H groups in total. The number of rotatable bonds is 3. The molecule has 0 aliphatic rings. The van der Waals surface area contributed by atoms with Gasteiger partial charge in [-0.25, -0.2) is 15.0 Å². The molecule has 1 amide bonds. The Labute approximate surface area is 132 Å². The van der Waals surface area contributed by atoms with Crippen LogP contribution in [0, 0.1) is 10.1 Å². The maximum atomic E-state index is 12.1. The summed E-state index contributed by atoms with van der Waals surface area (Å²) in [6.45, 7) is 0. The van der Waals surface area contributed by atoms with Gasteiger partial charge in [-0.1, -0.05) is 34.8 Å². The number of amides is 1. The number of nitrogens with one attached hydrogen (secondary N) is 1. The minimum atomic E-state index is -0.831. The summed E-state index contributed by atoms with van der Waals surface area (Å²) in [6.07, 6.45) is 1.96. The quantitative estimate of drug-likeness (QED) is 0.395. The molecule has 0 saturated heterocycles. The number of carbonyl (C=O) groups excluding carboxylic acids is 1. The zero-order valence-corrected chi connectivity index (χ0v) is 12.1. The molecule has 2 rings (SSSR count). The predicted molar refractivity (Wildman–Crippen MR) is 75.9 cm³/mol. The molecule has 0 radical (unpaired) electrons. The van der Waals surface area contributed by atoms with Crippen molar-refractivity contribution >= 4 is 52.2 Å². The van der Waals surface area contributed by atoms with E-state index in [0.717, 1.165) is 18.6 Å². The van der Waals surface area contributed by atoms with Gasteiger partial charge in [0.1, 0.15) is 28.3 Å². The molecule has 0 aliphatic carbocycles. The lowest BCUT2D eigenvalue weighted by molar-refractivity contribution is -0.385. The van der Waals surface area contributed by atoms with Crippen LogP contribution < -0.4 is 5.32 Å². The van der Waals surface area contributed by atoms with Gasteiger partial charge in [0, 0.05) is 0 Å². The van der Waals surface area contributed by atoms with Crippen LogP contribution in [0.25, 0.3) is 0 Å². The van der Waals surface area contributed by atoms with E-state index in [0.29, 0.717) is 0 Å². The van der Waals surface area contributed by atoms with E-state index < -0.39 is 16.5 Å². The first-order chi connectivity index (χ1) is 9.90. The fourth-order valence-corrected chi connectivity index (χ4v) is 1.80. The molecular weight excluding hydrogens is 345 g/mol. The molecule has 11 heteroatoms. The second-order valence-corrected chi connectivity index (χ2v) is 4.69. The highest BCUT2D eigenvalue weighted by atomic mass is 35.5. The number of nitro groups is 1. The van der Waals surface area contributed by atoms with E-state index in [2.05, 4.69) is 20.3 Å². The Morgan fingerprint density at radius 2 is 1.95 bits per heavy atom. The summed E-state index contributed by atoms with van der Waals surface area (Å²) < 4.78 is 0. The molecule has 2 aromatic rings. The summed E-state index contributed by atoms with van der Waals surface area (Å²) in [7, 11) is 0. The van der Waals surface area contributed by atoms with Gasteiger partial charge in [0.2, 0.25) is 0 Å². The maximum Gasteiger partial charge on any atom is 0.300 e. The van der Waals surface area contributed by atoms with E-state index in [1.54, 1.807) is 0 Å². The van der Waals surface area contributed by atoms with E-state index in [-0.39, 0.29) is 26.7 Å². The third-order valence-electron chi connectivity index (χ3n) is 2.27. The van der Waals surface area contributed by atoms with Crippen LogP contribution in [0.4, 0.5) is 11.5 Å². The predicted octanol–water partition coefficient (Wildman–Crippen LogP) is 2.99. The van der Waals surface area contributed by atoms with Crippen molar-refractivity contribution in [3.63, 3.8) is 0 Å². The second-order valence-electron chi connectivity index (χ2n) is 3.56. The van der Waals surface area contributed by atoms with Crippen LogP contribution in [0.1, 0.15) is 10.4 Å². The Morgan fingerprint density at radius 3 is 2.62 bits per heavy atom. The average Bonchev–Trinajstić information content (AvgIpc) is 2.43. The largest absolute Gasteiger partial charge is 0.305 e. The number of carbonyl (C=O) groups is 1. The van der Waals surface area contributed by atoms with Gasteiger partial charge in [0.05, 0.1) is 4.92 Å². The lowest BCUT2D eigenvalue weighted by Crippen LogP contribution is -2.15. The SMILES string of the molecule is O=C(Nc1ncnc(Cl)c1Cl)c1cc(Cl)ncc1[N+](=O)[O-]. The Hall–Kier alpha value is -2.03. The third-order valence-corrected chi connectivity index (χ3v) is 3.22. The van der Waals surface area contributed by atoms with Crippen molar-refractivity contribution in [1.82, 2.24) is 15.0 Å². The van der Waals surface area contributed by atoms with E-state index in [4.69, 9.17) is 34.8 Å². The molecule has 0 fully saturated rings. The van der Waals surface area contributed by atoms with Crippen LogP contribution in [0.2, 0.25) is 15.3 Å². The molecule has 2 aromatic heterocycles. The number of aromatic nitrogens is 3. The number of halogens is 3. The van der Waals surface area contributed by atoms with Crippen molar-refractivity contribution in [3.05, 3.63) is 49.6 Å². The first-order valence-corrected chi connectivity index (χ1v) is 6.31. The number of anilines is 1. The van der Waals surface area contributed by atoms with E-state index in [1.807, 2.05) is 0 Å². The van der Waals surface area contributed by atoms with Crippen LogP contribution in [0.5, 0.6) is 0 Å². The molecule has 0 unspecified atom stereocenters. The summed E-state index contributed by atoms with van der Waals surface area (Å²) >= 11 is 17.1. The van der Waals surface area contributed by atoms with Crippen molar-refractivity contribution < 1.29 is 9.72 Å². The zero-order chi connectivity index (χ0) is 15.6. The molecular formula is C10H4Cl3N5O3. The average molecular weight is 349 g/mol. The highest BCUT2D eigenvalue weighted by Crippen LogP contribution is 2.27. The summed E-state index contributed by atoms with van der Waals surface area (Å²) in [5.41, 5.74) is -0.793. The summed E-state index contributed by atoms with van der Waals surface area (Å²) in [6, 6.07) is 1.06. The van der Waals surface area contributed by atoms with Gasteiger partial charge in [-0.05, 0) is 6.07 Å². The van der Waals surface area contributed by atoms with Crippen molar-refractivity contribution in [3.8, 4) is 0 Å². The normalized spacial score (nSPS) is 10.2. The highest BCUT2D eigenvalue weighted by molar-refractivity contribution is 6.43. The summed E-state index contributed by atoms with van der Waals surface area (Å²) in [5.74, 6) is -0.911. The van der Waals surface area contributed by atoms with Gasteiger partial charge in [-0.15, -0.1) is 0 Å². The topological polar surface area (TPSA) is 111 Å². The first-order valence-electron chi connectivity index (χ1n) is 5.17. The Kier molecular flexibility index (Phi) is 4.51. The van der Waals surface area contributed by atoms with Crippen LogP contribution in [0.3, 0.4) is 0 Å². The lowest BCUT2D eigenvalue weighted by atomic mass is 10.2. The fourth-order valence-electron chi connectivity index (χ4n) is 1.36. The summed E-state index contributed by atoms with van der Waals surface area (Å²) in [4.78, 5) is 33.1. The molecule has 0 saturated carbocycles. The summed E-state index contributed by atoms with van der Waals surface area (Å²) in [5, 5.41) is 12.9. The molecule has 2 heterocycles. The van der Waals surface area contributed by atoms with Gasteiger partial charge >= 0.3 is 0 Å². The fraction of sp³-hybridized carbons (Fsp3) is 0. The molecule has 21 heavy (non-hydrogen) atoms. The second kappa shape index (κ2) is 6.17. The Balaban J connectivity index is 2.39. The standard InChI is InChI=1S/C10H4Cl3N5O3/c11-6-1-4(5(2-14-6)18(20)21)10(19)17-9-7(12)8(13)15-3-16-9/h1-3H,(H,15,16,17,19). The van der Waals surface area contributed by atoms with Crippen molar-refractivity contribution in [2.45, 2.75) is 0 Å². The zero-order valence-electron chi connectivity index (χ0n) is 9.88. The molecule has 0 bridgehead atoms. The third kappa shape index (κ3) is 3.35. The van der Waals surface area contributed by atoms with Crippen LogP contribution in [0.15, 0.2) is 18.6 Å². The lowest BCUT2D eigenvalue weighted by Gasteiger charge is -2.07. The molecule has 0 atom stereocenters. The first kappa shape index (κ1) is 15.4. The number of nitrogens with zero attached hydrogens (tertiary/aromatic N) is 4. The van der Waals surface area contributed by atoms with Crippen molar-refractivity contribution in [2.75, 3.05) is 5.32 Å². The van der Waals surface area contributed by atoms with E-state index in [9.17, 15) is 14.9 Å².